The van der Waals surface area contributed by atoms with Crippen molar-refractivity contribution in [3.05, 3.63) is 101 Å². The lowest BCUT2D eigenvalue weighted by Crippen LogP contribution is -2.08. The fourth-order valence-corrected chi connectivity index (χ4v) is 4.12. The molecule has 1 aliphatic rings. The van der Waals surface area contributed by atoms with Gasteiger partial charge in [-0.15, -0.1) is 0 Å². The number of aromatic hydroxyl groups is 1. The Morgan fingerprint density at radius 2 is 1.38 bits per heavy atom. The highest BCUT2D eigenvalue weighted by Crippen LogP contribution is 2.39. The maximum absolute atomic E-state index is 9.79. The van der Waals surface area contributed by atoms with Crippen LogP contribution in [0.4, 0.5) is 0 Å². The van der Waals surface area contributed by atoms with Crippen LogP contribution in [0.2, 0.25) is 0 Å². The molecule has 0 amide bonds. The summed E-state index contributed by atoms with van der Waals surface area (Å²) in [5.41, 5.74) is 7.26. The minimum absolute atomic E-state index is 0.166. The molecule has 0 spiro atoms. The number of phenols is 1. The summed E-state index contributed by atoms with van der Waals surface area (Å²) in [5.74, 6) is 0.984. The van der Waals surface area contributed by atoms with Crippen LogP contribution in [0, 0.1) is 0 Å². The average Bonchev–Trinajstić information content (AvgIpc) is 2.72. The fourth-order valence-electron chi connectivity index (χ4n) is 4.12. The van der Waals surface area contributed by atoms with Crippen molar-refractivity contribution in [2.45, 2.75) is 38.0 Å². The molecular weight excluding hydrogens is 356 g/mol. The molecule has 0 atom stereocenters. The van der Waals surface area contributed by atoms with Crippen molar-refractivity contribution in [3.8, 4) is 5.75 Å². The quantitative estimate of drug-likeness (QED) is 0.463. The first kappa shape index (κ1) is 19.5. The van der Waals surface area contributed by atoms with Crippen molar-refractivity contribution in [3.63, 3.8) is 0 Å². The predicted molar refractivity (Wildman–Crippen MR) is 120 cm³/mol. The number of aliphatic hydroxyl groups is 1. The van der Waals surface area contributed by atoms with Crippen LogP contribution in [-0.2, 0) is 0 Å². The number of hydrogen-bond donors (Lipinski definition) is 2. The lowest BCUT2D eigenvalue weighted by atomic mass is 9.79. The SMILES string of the molecule is OCCC/C(=C(\c1ccc(O)cc1)c1ccc(C2CCC2)cc1)c1ccccc1. The first-order valence-electron chi connectivity index (χ1n) is 10.6. The van der Waals surface area contributed by atoms with Crippen molar-refractivity contribution >= 4 is 11.1 Å². The number of aliphatic hydroxyl groups excluding tert-OH is 1. The Kier molecular flexibility index (Phi) is 6.12. The molecule has 1 aliphatic carbocycles. The number of benzene rings is 3. The molecule has 0 bridgehead atoms. The average molecular weight is 385 g/mol. The Hall–Kier alpha value is -2.84. The van der Waals surface area contributed by atoms with Gasteiger partial charge >= 0.3 is 0 Å². The van der Waals surface area contributed by atoms with Gasteiger partial charge in [0, 0.05) is 6.61 Å². The Morgan fingerprint density at radius 1 is 0.759 bits per heavy atom. The van der Waals surface area contributed by atoms with Gasteiger partial charge in [0.2, 0.25) is 0 Å². The molecule has 1 fully saturated rings. The molecule has 2 nitrogen and oxygen atoms in total. The van der Waals surface area contributed by atoms with Crippen molar-refractivity contribution in [1.29, 1.82) is 0 Å². The van der Waals surface area contributed by atoms with Crippen LogP contribution in [0.3, 0.4) is 0 Å². The molecule has 2 heteroatoms. The topological polar surface area (TPSA) is 40.5 Å². The van der Waals surface area contributed by atoms with E-state index < -0.39 is 0 Å². The van der Waals surface area contributed by atoms with Gasteiger partial charge in [-0.2, -0.15) is 0 Å². The molecule has 4 rings (SSSR count). The maximum atomic E-state index is 9.79. The minimum Gasteiger partial charge on any atom is -0.508 e. The summed E-state index contributed by atoms with van der Waals surface area (Å²) in [6, 6.07) is 26.9. The van der Waals surface area contributed by atoms with E-state index in [4.69, 9.17) is 0 Å². The summed E-state index contributed by atoms with van der Waals surface area (Å²) in [7, 11) is 0. The van der Waals surface area contributed by atoms with Crippen LogP contribution in [0.15, 0.2) is 78.9 Å². The van der Waals surface area contributed by atoms with Gasteiger partial charge in [-0.3, -0.25) is 0 Å². The fraction of sp³-hybridized carbons (Fsp3) is 0.259. The minimum atomic E-state index is 0.166. The van der Waals surface area contributed by atoms with Crippen LogP contribution in [0.25, 0.3) is 11.1 Å². The van der Waals surface area contributed by atoms with E-state index in [1.165, 1.54) is 47.1 Å². The molecule has 148 valence electrons. The zero-order valence-electron chi connectivity index (χ0n) is 16.7. The Bertz CT molecular complexity index is 950. The highest BCUT2D eigenvalue weighted by atomic mass is 16.3. The molecule has 0 heterocycles. The van der Waals surface area contributed by atoms with Gasteiger partial charge in [0.25, 0.3) is 0 Å². The van der Waals surface area contributed by atoms with E-state index in [0.717, 1.165) is 12.0 Å². The molecule has 2 N–H and O–H groups in total. The van der Waals surface area contributed by atoms with Gasteiger partial charge < -0.3 is 10.2 Å². The number of phenolic OH excluding ortho intramolecular Hbond substituents is 1. The van der Waals surface area contributed by atoms with E-state index >= 15 is 0 Å². The summed E-state index contributed by atoms with van der Waals surface area (Å²) in [6.07, 6.45) is 5.44. The smallest absolute Gasteiger partial charge is 0.115 e. The van der Waals surface area contributed by atoms with Gasteiger partial charge in [0.15, 0.2) is 0 Å². The Morgan fingerprint density at radius 3 is 1.93 bits per heavy atom. The molecule has 1 saturated carbocycles. The second kappa shape index (κ2) is 9.11. The molecule has 0 aliphatic heterocycles. The first-order chi connectivity index (χ1) is 14.3. The Balaban J connectivity index is 1.85. The third-order valence-electron chi connectivity index (χ3n) is 5.94. The summed E-state index contributed by atoms with van der Waals surface area (Å²) >= 11 is 0. The standard InChI is InChI=1S/C27H28O2/c28-19-5-10-26(22-6-2-1-3-7-22)27(24-15-17-25(29)18-16-24)23-13-11-21(12-14-23)20-8-4-9-20/h1-3,6-7,11-18,20,28-29H,4-5,8-10,19H2/b27-26+. The van der Waals surface area contributed by atoms with Crippen LogP contribution in [0.1, 0.15) is 60.3 Å². The zero-order chi connectivity index (χ0) is 20.1. The van der Waals surface area contributed by atoms with Crippen LogP contribution >= 0.6 is 0 Å². The largest absolute Gasteiger partial charge is 0.508 e. The second-order valence-corrected chi connectivity index (χ2v) is 7.84. The van der Waals surface area contributed by atoms with Crippen molar-refractivity contribution in [1.82, 2.24) is 0 Å². The van der Waals surface area contributed by atoms with Gasteiger partial charge in [-0.1, -0.05) is 73.2 Å². The monoisotopic (exact) mass is 384 g/mol. The third kappa shape index (κ3) is 4.44. The van der Waals surface area contributed by atoms with Gasteiger partial charge in [0.1, 0.15) is 5.75 Å². The normalized spacial score (nSPS) is 14.9. The predicted octanol–water partition coefficient (Wildman–Crippen LogP) is 6.39. The van der Waals surface area contributed by atoms with Crippen molar-refractivity contribution < 1.29 is 10.2 Å². The van der Waals surface area contributed by atoms with Gasteiger partial charge in [-0.05, 0) is 77.1 Å². The molecule has 0 unspecified atom stereocenters. The van der Waals surface area contributed by atoms with Crippen molar-refractivity contribution in [2.75, 3.05) is 6.61 Å². The molecule has 3 aromatic rings. The van der Waals surface area contributed by atoms with Crippen LogP contribution < -0.4 is 0 Å². The van der Waals surface area contributed by atoms with E-state index in [1.54, 1.807) is 12.1 Å². The molecule has 0 radical (unpaired) electrons. The maximum Gasteiger partial charge on any atom is 0.115 e. The van der Waals surface area contributed by atoms with Crippen LogP contribution in [0.5, 0.6) is 5.75 Å². The van der Waals surface area contributed by atoms with E-state index in [1.807, 2.05) is 18.2 Å². The lowest BCUT2D eigenvalue weighted by molar-refractivity contribution is 0.290. The molecule has 0 aromatic heterocycles. The van der Waals surface area contributed by atoms with E-state index in [9.17, 15) is 10.2 Å². The van der Waals surface area contributed by atoms with Crippen molar-refractivity contribution in [2.24, 2.45) is 0 Å². The lowest BCUT2D eigenvalue weighted by Gasteiger charge is -2.26. The molecular formula is C27H28O2. The number of rotatable bonds is 7. The molecule has 0 saturated heterocycles. The summed E-state index contributed by atoms with van der Waals surface area (Å²) < 4.78 is 0. The van der Waals surface area contributed by atoms with Gasteiger partial charge in [0.05, 0.1) is 0 Å². The number of hydrogen-bond acceptors (Lipinski definition) is 2. The first-order valence-corrected chi connectivity index (χ1v) is 10.6. The summed E-state index contributed by atoms with van der Waals surface area (Å²) in [5, 5.41) is 19.3. The third-order valence-corrected chi connectivity index (χ3v) is 5.94. The summed E-state index contributed by atoms with van der Waals surface area (Å²) in [6.45, 7) is 0.166. The van der Waals surface area contributed by atoms with E-state index in [2.05, 4.69) is 48.5 Å². The highest BCUT2D eigenvalue weighted by Gasteiger charge is 2.20. The van der Waals surface area contributed by atoms with E-state index in [0.29, 0.717) is 12.3 Å². The molecule has 29 heavy (non-hydrogen) atoms. The van der Waals surface area contributed by atoms with E-state index in [-0.39, 0.29) is 12.4 Å². The zero-order valence-corrected chi connectivity index (χ0v) is 16.7. The Labute approximate surface area is 173 Å². The molecule has 3 aromatic carbocycles. The second-order valence-electron chi connectivity index (χ2n) is 7.84. The number of allylic oxidation sites excluding steroid dienone is 1. The summed E-state index contributed by atoms with van der Waals surface area (Å²) in [4.78, 5) is 0. The highest BCUT2D eigenvalue weighted by molar-refractivity contribution is 5.98. The van der Waals surface area contributed by atoms with Crippen LogP contribution in [-0.4, -0.2) is 16.8 Å². The van der Waals surface area contributed by atoms with Gasteiger partial charge in [-0.25, -0.2) is 0 Å².